The van der Waals surface area contributed by atoms with Gasteiger partial charge in [0.1, 0.15) is 18.2 Å². The van der Waals surface area contributed by atoms with Crippen LogP contribution in [0.25, 0.3) is 0 Å². The van der Waals surface area contributed by atoms with Crippen molar-refractivity contribution in [3.8, 4) is 5.75 Å². The number of nitrogens with zero attached hydrogens (tertiary/aromatic N) is 2. The molecule has 2 aromatic carbocycles. The Labute approximate surface area is 155 Å². The first-order valence-corrected chi connectivity index (χ1v) is 8.76. The number of ether oxygens (including phenoxy) is 1. The highest BCUT2D eigenvalue weighted by atomic mass is 19.1. The summed E-state index contributed by atoms with van der Waals surface area (Å²) in [5.74, 6) is 0.609. The summed E-state index contributed by atoms with van der Waals surface area (Å²) < 4.78 is 18.8. The number of likely N-dealkylation sites (N-methyl/N-ethyl adjacent to an activating group) is 2. The third-order valence-electron chi connectivity index (χ3n) is 4.56. The molecule has 1 atom stereocenters. The number of halogens is 1. The smallest absolute Gasteiger partial charge is 0.236 e. The van der Waals surface area contributed by atoms with Gasteiger partial charge in [-0.3, -0.25) is 9.69 Å². The molecule has 0 aromatic heterocycles. The van der Waals surface area contributed by atoms with Crippen molar-refractivity contribution in [2.45, 2.75) is 19.9 Å². The van der Waals surface area contributed by atoms with Gasteiger partial charge in [0, 0.05) is 13.6 Å². The lowest BCUT2D eigenvalue weighted by molar-refractivity contribution is -0.132. The maximum absolute atomic E-state index is 13.0. The molecule has 0 fully saturated rings. The number of aryl methyl sites for hydroxylation is 1. The molecular weight excluding hydrogens is 331 g/mol. The molecule has 2 aromatic rings. The molecule has 1 unspecified atom stereocenters. The lowest BCUT2D eigenvalue weighted by atomic mass is 10.1. The average molecular weight is 358 g/mol. The summed E-state index contributed by atoms with van der Waals surface area (Å²) in [6.45, 7) is 5.42. The van der Waals surface area contributed by atoms with E-state index in [9.17, 15) is 9.18 Å². The topological polar surface area (TPSA) is 32.8 Å². The molecule has 5 heteroatoms. The van der Waals surface area contributed by atoms with Crippen LogP contribution in [0.4, 0.5) is 4.39 Å². The predicted molar refractivity (Wildman–Crippen MR) is 102 cm³/mol. The summed E-state index contributed by atoms with van der Waals surface area (Å²) in [6.07, 6.45) is 0. The van der Waals surface area contributed by atoms with E-state index in [0.717, 1.165) is 16.9 Å². The molecule has 0 aliphatic rings. The number of carbonyl (C=O) groups is 1. The monoisotopic (exact) mass is 358 g/mol. The number of benzene rings is 2. The largest absolute Gasteiger partial charge is 0.492 e. The molecular formula is C21H27FN2O2. The second kappa shape index (κ2) is 9.34. The molecule has 0 bridgehead atoms. The number of hydrogen-bond acceptors (Lipinski definition) is 3. The minimum Gasteiger partial charge on any atom is -0.492 e. The predicted octanol–water partition coefficient (Wildman–Crippen LogP) is 3.66. The Morgan fingerprint density at radius 3 is 2.42 bits per heavy atom. The standard InChI is InChI=1S/C21H27FN2O2/c1-16-7-5-6-8-20(16)26-14-13-23(3)15-21(25)24(4)17(2)18-9-11-19(22)12-10-18/h5-12,17H,13-15H2,1-4H3. The van der Waals surface area contributed by atoms with Crippen LogP contribution < -0.4 is 4.74 Å². The molecule has 1 amide bonds. The zero-order chi connectivity index (χ0) is 19.1. The van der Waals surface area contributed by atoms with E-state index in [4.69, 9.17) is 4.74 Å². The quantitative estimate of drug-likeness (QED) is 0.722. The Bertz CT molecular complexity index is 718. The highest BCUT2D eigenvalue weighted by Gasteiger charge is 2.18. The summed E-state index contributed by atoms with van der Waals surface area (Å²) in [4.78, 5) is 16.1. The van der Waals surface area contributed by atoms with Crippen molar-refractivity contribution < 1.29 is 13.9 Å². The van der Waals surface area contributed by atoms with Crippen LogP contribution in [0.5, 0.6) is 5.75 Å². The second-order valence-electron chi connectivity index (χ2n) is 6.58. The molecule has 0 radical (unpaired) electrons. The van der Waals surface area contributed by atoms with Crippen LogP contribution in [-0.4, -0.2) is 49.5 Å². The zero-order valence-electron chi connectivity index (χ0n) is 15.9. The zero-order valence-corrected chi connectivity index (χ0v) is 15.9. The summed E-state index contributed by atoms with van der Waals surface area (Å²) >= 11 is 0. The van der Waals surface area contributed by atoms with Crippen LogP contribution in [0.1, 0.15) is 24.1 Å². The fourth-order valence-electron chi connectivity index (χ4n) is 2.63. The minimum atomic E-state index is -0.275. The lowest BCUT2D eigenvalue weighted by Gasteiger charge is -2.27. The molecule has 0 aliphatic heterocycles. The molecule has 4 nitrogen and oxygen atoms in total. The number of carbonyl (C=O) groups excluding carboxylic acids is 1. The van der Waals surface area contributed by atoms with E-state index in [-0.39, 0.29) is 17.8 Å². The van der Waals surface area contributed by atoms with Gasteiger partial charge in [0.2, 0.25) is 5.91 Å². The Hall–Kier alpha value is -2.40. The van der Waals surface area contributed by atoms with Crippen LogP contribution in [-0.2, 0) is 4.79 Å². The number of para-hydroxylation sites is 1. The van der Waals surface area contributed by atoms with Crippen molar-refractivity contribution >= 4 is 5.91 Å². The molecule has 0 heterocycles. The van der Waals surface area contributed by atoms with Gasteiger partial charge in [-0.15, -0.1) is 0 Å². The van der Waals surface area contributed by atoms with Crippen LogP contribution >= 0.6 is 0 Å². The van der Waals surface area contributed by atoms with E-state index >= 15 is 0 Å². The van der Waals surface area contributed by atoms with E-state index in [0.29, 0.717) is 19.7 Å². The highest BCUT2D eigenvalue weighted by Crippen LogP contribution is 2.19. The molecule has 2 rings (SSSR count). The van der Waals surface area contributed by atoms with Crippen molar-refractivity contribution in [1.29, 1.82) is 0 Å². The maximum Gasteiger partial charge on any atom is 0.236 e. The molecule has 0 N–H and O–H groups in total. The summed E-state index contributed by atoms with van der Waals surface area (Å²) in [6, 6.07) is 14.0. The van der Waals surface area contributed by atoms with Crippen molar-refractivity contribution in [1.82, 2.24) is 9.80 Å². The maximum atomic E-state index is 13.0. The summed E-state index contributed by atoms with van der Waals surface area (Å²) in [5, 5.41) is 0. The van der Waals surface area contributed by atoms with Gasteiger partial charge in [-0.05, 0) is 50.2 Å². The average Bonchev–Trinajstić information content (AvgIpc) is 2.62. The Morgan fingerprint density at radius 1 is 1.12 bits per heavy atom. The lowest BCUT2D eigenvalue weighted by Crippen LogP contribution is -2.39. The summed E-state index contributed by atoms with van der Waals surface area (Å²) in [7, 11) is 3.67. The van der Waals surface area contributed by atoms with Gasteiger partial charge in [0.15, 0.2) is 0 Å². The number of amides is 1. The van der Waals surface area contributed by atoms with Crippen molar-refractivity contribution in [3.63, 3.8) is 0 Å². The second-order valence-corrected chi connectivity index (χ2v) is 6.58. The SMILES string of the molecule is Cc1ccccc1OCCN(C)CC(=O)N(C)C(C)c1ccc(F)cc1. The van der Waals surface area contributed by atoms with E-state index in [1.807, 2.05) is 50.1 Å². The van der Waals surface area contributed by atoms with E-state index in [1.165, 1.54) is 12.1 Å². The normalized spacial score (nSPS) is 12.1. The number of hydrogen-bond donors (Lipinski definition) is 0. The van der Waals surface area contributed by atoms with Crippen LogP contribution in [0.3, 0.4) is 0 Å². The molecule has 0 spiro atoms. The third kappa shape index (κ3) is 5.56. The molecule has 0 aliphatic carbocycles. The molecule has 140 valence electrons. The van der Waals surface area contributed by atoms with Gasteiger partial charge in [0.25, 0.3) is 0 Å². The van der Waals surface area contributed by atoms with Gasteiger partial charge < -0.3 is 9.64 Å². The fourth-order valence-corrected chi connectivity index (χ4v) is 2.63. The molecule has 0 saturated carbocycles. The number of rotatable bonds is 8. The van der Waals surface area contributed by atoms with Gasteiger partial charge in [-0.2, -0.15) is 0 Å². The van der Waals surface area contributed by atoms with Crippen molar-refractivity contribution in [2.75, 3.05) is 33.8 Å². The van der Waals surface area contributed by atoms with Crippen molar-refractivity contribution in [3.05, 3.63) is 65.5 Å². The first-order valence-electron chi connectivity index (χ1n) is 8.76. The van der Waals surface area contributed by atoms with Gasteiger partial charge in [-0.25, -0.2) is 4.39 Å². The van der Waals surface area contributed by atoms with E-state index < -0.39 is 0 Å². The highest BCUT2D eigenvalue weighted by molar-refractivity contribution is 5.78. The van der Waals surface area contributed by atoms with Crippen LogP contribution in [0, 0.1) is 12.7 Å². The Morgan fingerprint density at radius 2 is 1.77 bits per heavy atom. The van der Waals surface area contributed by atoms with E-state index in [2.05, 4.69) is 0 Å². The first-order chi connectivity index (χ1) is 12.4. The summed E-state index contributed by atoms with van der Waals surface area (Å²) in [5.41, 5.74) is 2.01. The van der Waals surface area contributed by atoms with Crippen LogP contribution in [0.2, 0.25) is 0 Å². The first kappa shape index (κ1) is 19.9. The third-order valence-corrected chi connectivity index (χ3v) is 4.56. The van der Waals surface area contributed by atoms with Crippen LogP contribution in [0.15, 0.2) is 48.5 Å². The van der Waals surface area contributed by atoms with Gasteiger partial charge >= 0.3 is 0 Å². The van der Waals surface area contributed by atoms with Gasteiger partial charge in [0.05, 0.1) is 12.6 Å². The minimum absolute atomic E-state index is 0.0141. The molecule has 26 heavy (non-hydrogen) atoms. The van der Waals surface area contributed by atoms with Gasteiger partial charge in [-0.1, -0.05) is 30.3 Å². The Balaban J connectivity index is 1.80. The van der Waals surface area contributed by atoms with E-state index in [1.54, 1.807) is 24.1 Å². The fraction of sp³-hybridized carbons (Fsp3) is 0.381. The molecule has 0 saturated heterocycles. The van der Waals surface area contributed by atoms with Crippen molar-refractivity contribution in [2.24, 2.45) is 0 Å². The Kier molecular flexibility index (Phi) is 7.16.